The van der Waals surface area contributed by atoms with Crippen LogP contribution in [0.1, 0.15) is 61.1 Å². The fourth-order valence-corrected chi connectivity index (χ4v) is 4.95. The Morgan fingerprint density at radius 2 is 2.00 bits per heavy atom. The number of rotatable bonds is 4. The predicted octanol–water partition coefficient (Wildman–Crippen LogP) is 4.85. The van der Waals surface area contributed by atoms with Crippen molar-refractivity contribution in [2.45, 2.75) is 58.4 Å². The van der Waals surface area contributed by atoms with Crippen LogP contribution in [0.25, 0.3) is 10.9 Å². The topological polar surface area (TPSA) is 62.7 Å². The molecule has 0 N–H and O–H groups in total. The summed E-state index contributed by atoms with van der Waals surface area (Å²) in [5, 5.41) is 1.69. The first kappa shape index (κ1) is 21.9. The van der Waals surface area contributed by atoms with Crippen LogP contribution < -0.4 is 0 Å². The van der Waals surface area contributed by atoms with Crippen molar-refractivity contribution < 1.29 is 14.3 Å². The summed E-state index contributed by atoms with van der Waals surface area (Å²) >= 11 is 6.68. The van der Waals surface area contributed by atoms with Crippen molar-refractivity contribution in [3.8, 4) is 0 Å². The van der Waals surface area contributed by atoms with Gasteiger partial charge in [-0.3, -0.25) is 9.78 Å². The van der Waals surface area contributed by atoms with E-state index in [-0.39, 0.29) is 18.0 Å². The Hall–Kier alpha value is -2.34. The van der Waals surface area contributed by atoms with Gasteiger partial charge >= 0.3 is 6.09 Å². The third-order valence-corrected chi connectivity index (χ3v) is 6.78. The summed E-state index contributed by atoms with van der Waals surface area (Å²) in [6, 6.07) is 5.59. The van der Waals surface area contributed by atoms with Crippen molar-refractivity contribution in [3.63, 3.8) is 0 Å². The molecule has 1 fully saturated rings. The van der Waals surface area contributed by atoms with Crippen LogP contribution in [0.5, 0.6) is 0 Å². The van der Waals surface area contributed by atoms with Gasteiger partial charge in [0, 0.05) is 36.3 Å². The quantitative estimate of drug-likeness (QED) is 0.677. The Morgan fingerprint density at radius 3 is 2.77 bits per heavy atom. The lowest BCUT2D eigenvalue weighted by Gasteiger charge is -2.40. The first-order valence-corrected chi connectivity index (χ1v) is 11.7. The maximum atomic E-state index is 13.3. The van der Waals surface area contributed by atoms with Crippen LogP contribution in [0.2, 0.25) is 5.02 Å². The normalized spacial score (nSPS) is 18.7. The van der Waals surface area contributed by atoms with Crippen LogP contribution in [-0.4, -0.2) is 59.1 Å². The van der Waals surface area contributed by atoms with Crippen LogP contribution in [0, 0.1) is 0 Å². The van der Waals surface area contributed by atoms with E-state index < -0.39 is 0 Å². The number of pyridine rings is 1. The number of aryl methyl sites for hydroxylation is 1. The van der Waals surface area contributed by atoms with Crippen LogP contribution in [0.15, 0.2) is 18.2 Å². The number of aromatic nitrogens is 1. The summed E-state index contributed by atoms with van der Waals surface area (Å²) in [5.74, 6) is -0.0300. The van der Waals surface area contributed by atoms with Crippen LogP contribution >= 0.6 is 11.6 Å². The molecule has 0 bridgehead atoms. The minimum Gasteiger partial charge on any atom is -0.449 e. The number of hydrogen-bond acceptors (Lipinski definition) is 4. The predicted molar refractivity (Wildman–Crippen MR) is 122 cm³/mol. The maximum Gasteiger partial charge on any atom is 0.410 e. The molecule has 1 unspecified atom stereocenters. The van der Waals surface area contributed by atoms with Gasteiger partial charge in [0.2, 0.25) is 0 Å². The fourth-order valence-electron chi connectivity index (χ4n) is 4.58. The Balaban J connectivity index is 1.53. The van der Waals surface area contributed by atoms with Gasteiger partial charge in [0.15, 0.2) is 0 Å². The van der Waals surface area contributed by atoms with E-state index in [1.807, 2.05) is 36.9 Å². The maximum absolute atomic E-state index is 13.3. The monoisotopic (exact) mass is 443 g/mol. The summed E-state index contributed by atoms with van der Waals surface area (Å²) in [4.78, 5) is 34.0. The zero-order valence-corrected chi connectivity index (χ0v) is 19.1. The van der Waals surface area contributed by atoms with E-state index in [0.717, 1.165) is 65.7 Å². The largest absolute Gasteiger partial charge is 0.449 e. The number of carbonyl (C=O) groups excluding carboxylic acids is 2. The molecule has 2 amide bonds. The highest BCUT2D eigenvalue weighted by molar-refractivity contribution is 6.36. The lowest BCUT2D eigenvalue weighted by molar-refractivity contribution is 0.0370. The molecule has 2 aromatic rings. The van der Waals surface area contributed by atoms with Crippen LogP contribution in [-0.2, 0) is 17.6 Å². The third-order valence-electron chi connectivity index (χ3n) is 6.35. The number of hydrogen-bond donors (Lipinski definition) is 0. The molecule has 1 aromatic heterocycles. The SMILES string of the molecule is CCCOC(=O)N1CCN(C(=O)c2ccc3c(Cl)c4c(nc3c2)CCCC4)CC1CC. The van der Waals surface area contributed by atoms with Gasteiger partial charge in [0.1, 0.15) is 0 Å². The van der Waals surface area contributed by atoms with E-state index >= 15 is 0 Å². The molecular weight excluding hydrogens is 414 g/mol. The van der Waals surface area contributed by atoms with Gasteiger partial charge in [0.25, 0.3) is 5.91 Å². The van der Waals surface area contributed by atoms with E-state index in [0.29, 0.717) is 31.8 Å². The number of benzene rings is 1. The highest BCUT2D eigenvalue weighted by Gasteiger charge is 2.32. The van der Waals surface area contributed by atoms with Crippen molar-refractivity contribution in [2.75, 3.05) is 26.2 Å². The van der Waals surface area contributed by atoms with Crippen molar-refractivity contribution in [1.29, 1.82) is 0 Å². The minimum atomic E-state index is -0.282. The smallest absolute Gasteiger partial charge is 0.410 e. The molecule has 1 aliphatic carbocycles. The Morgan fingerprint density at radius 1 is 1.19 bits per heavy atom. The van der Waals surface area contributed by atoms with Gasteiger partial charge in [0.05, 0.1) is 23.2 Å². The van der Waals surface area contributed by atoms with Gasteiger partial charge < -0.3 is 14.5 Å². The molecule has 1 aliphatic heterocycles. The van der Waals surface area contributed by atoms with Gasteiger partial charge in [-0.05, 0) is 56.2 Å². The molecule has 1 atom stereocenters. The van der Waals surface area contributed by atoms with Gasteiger partial charge in [-0.2, -0.15) is 0 Å². The molecular formula is C24H30ClN3O3. The molecule has 4 rings (SSSR count). The Bertz CT molecular complexity index is 994. The molecule has 6 nitrogen and oxygen atoms in total. The molecule has 0 spiro atoms. The number of ether oxygens (including phenoxy) is 1. The molecule has 2 aliphatic rings. The number of nitrogens with zero attached hydrogens (tertiary/aromatic N) is 3. The molecule has 0 saturated carbocycles. The van der Waals surface area contributed by atoms with Crippen molar-refractivity contribution in [2.24, 2.45) is 0 Å². The van der Waals surface area contributed by atoms with E-state index in [1.54, 1.807) is 4.90 Å². The zero-order chi connectivity index (χ0) is 22.0. The molecule has 1 saturated heterocycles. The second kappa shape index (κ2) is 9.43. The minimum absolute atomic E-state index is 0.0300. The second-order valence-corrected chi connectivity index (χ2v) is 8.79. The van der Waals surface area contributed by atoms with Gasteiger partial charge in [-0.15, -0.1) is 0 Å². The van der Waals surface area contributed by atoms with Crippen LogP contribution in [0.3, 0.4) is 0 Å². The molecule has 1 aromatic carbocycles. The highest BCUT2D eigenvalue weighted by Crippen LogP contribution is 2.33. The number of fused-ring (bicyclic) bond motifs is 2. The Labute approximate surface area is 188 Å². The average molecular weight is 444 g/mol. The molecule has 31 heavy (non-hydrogen) atoms. The summed E-state index contributed by atoms with van der Waals surface area (Å²) in [6.45, 7) is 5.91. The second-order valence-electron chi connectivity index (χ2n) is 8.41. The first-order valence-electron chi connectivity index (χ1n) is 11.4. The lowest BCUT2D eigenvalue weighted by atomic mass is 9.94. The third kappa shape index (κ3) is 4.36. The Kier molecular flexibility index (Phi) is 6.65. The zero-order valence-electron chi connectivity index (χ0n) is 18.3. The van der Waals surface area contributed by atoms with Crippen molar-refractivity contribution in [3.05, 3.63) is 40.0 Å². The number of piperazine rings is 1. The number of amides is 2. The van der Waals surface area contributed by atoms with Crippen molar-refractivity contribution >= 4 is 34.5 Å². The summed E-state index contributed by atoms with van der Waals surface area (Å²) < 4.78 is 5.31. The van der Waals surface area contributed by atoms with E-state index in [1.165, 1.54) is 0 Å². The fraction of sp³-hybridized carbons (Fsp3) is 0.542. The molecule has 2 heterocycles. The van der Waals surface area contributed by atoms with Crippen molar-refractivity contribution in [1.82, 2.24) is 14.8 Å². The van der Waals surface area contributed by atoms with E-state index in [4.69, 9.17) is 21.3 Å². The van der Waals surface area contributed by atoms with Gasteiger partial charge in [-0.25, -0.2) is 4.79 Å². The highest BCUT2D eigenvalue weighted by atomic mass is 35.5. The molecule has 0 radical (unpaired) electrons. The molecule has 7 heteroatoms. The number of halogens is 1. The first-order chi connectivity index (χ1) is 15.0. The van der Waals surface area contributed by atoms with Gasteiger partial charge in [-0.1, -0.05) is 31.5 Å². The van der Waals surface area contributed by atoms with E-state index in [9.17, 15) is 9.59 Å². The lowest BCUT2D eigenvalue weighted by Crippen LogP contribution is -2.56. The summed E-state index contributed by atoms with van der Waals surface area (Å²) in [7, 11) is 0. The summed E-state index contributed by atoms with van der Waals surface area (Å²) in [6.07, 6.45) is 5.47. The number of carbonyl (C=O) groups is 2. The van der Waals surface area contributed by atoms with Crippen LogP contribution in [0.4, 0.5) is 4.79 Å². The average Bonchev–Trinajstić information content (AvgIpc) is 2.81. The van der Waals surface area contributed by atoms with E-state index in [2.05, 4.69) is 0 Å². The summed E-state index contributed by atoms with van der Waals surface area (Å²) in [5.41, 5.74) is 3.63. The standard InChI is InChI=1S/C24H30ClN3O3/c1-3-13-31-24(30)28-12-11-27(15-17(28)4-2)23(29)16-9-10-19-21(14-16)26-20-8-6-5-7-18(20)22(19)25/h9-10,14,17H,3-8,11-13,15H2,1-2H3. The molecule has 166 valence electrons.